The van der Waals surface area contributed by atoms with Crippen LogP contribution in [0.2, 0.25) is 0 Å². The molecule has 0 aliphatic heterocycles. The fraction of sp³-hybridized carbons (Fsp3) is 0.154. The lowest BCUT2D eigenvalue weighted by atomic mass is 10.2. The van der Waals surface area contributed by atoms with Crippen molar-refractivity contribution in [2.75, 3.05) is 6.61 Å². The molecule has 7 heteroatoms. The smallest absolute Gasteiger partial charge is 0.338 e. The number of esters is 1. The van der Waals surface area contributed by atoms with Crippen LogP contribution in [0.1, 0.15) is 28.6 Å². The monoisotopic (exact) mass is 508 g/mol. The number of ether oxygens (including phenoxy) is 3. The van der Waals surface area contributed by atoms with Crippen LogP contribution in [-0.4, -0.2) is 12.6 Å². The molecule has 168 valence electrons. The summed E-state index contributed by atoms with van der Waals surface area (Å²) in [6.45, 7) is 4.10. The lowest BCUT2D eigenvalue weighted by Gasteiger charge is -2.11. The van der Waals surface area contributed by atoms with Crippen molar-refractivity contribution < 1.29 is 23.4 Å². The highest BCUT2D eigenvalue weighted by Crippen LogP contribution is 2.28. The Hall–Kier alpha value is -3.58. The van der Waals surface area contributed by atoms with Gasteiger partial charge >= 0.3 is 5.97 Å². The van der Waals surface area contributed by atoms with Crippen LogP contribution in [-0.2, 0) is 11.3 Å². The van der Waals surface area contributed by atoms with Gasteiger partial charge in [0.1, 0.15) is 29.4 Å². The number of rotatable bonds is 7. The van der Waals surface area contributed by atoms with E-state index in [1.165, 1.54) is 0 Å². The minimum absolute atomic E-state index is 0.0925. The van der Waals surface area contributed by atoms with Gasteiger partial charge in [0.25, 0.3) is 0 Å². The molecule has 0 fully saturated rings. The molecule has 1 aromatic heterocycles. The van der Waals surface area contributed by atoms with Crippen molar-refractivity contribution in [2.24, 2.45) is 0 Å². The van der Waals surface area contributed by atoms with Gasteiger partial charge in [-0.2, -0.15) is 0 Å². The van der Waals surface area contributed by atoms with Crippen LogP contribution in [0.3, 0.4) is 0 Å². The summed E-state index contributed by atoms with van der Waals surface area (Å²) in [5.41, 5.74) is 1.55. The molecule has 0 saturated carbocycles. The first-order valence-corrected chi connectivity index (χ1v) is 11.1. The van der Waals surface area contributed by atoms with E-state index in [4.69, 9.17) is 18.6 Å². The third-order valence-electron chi connectivity index (χ3n) is 4.89. The van der Waals surface area contributed by atoms with Gasteiger partial charge in [-0.05, 0) is 67.9 Å². The third-order valence-corrected chi connectivity index (χ3v) is 5.42. The standard InChI is InChI=1S/C26H21BrO6/c1-3-30-26(29)18-6-10-20(11-7-18)33-25-16(2)32-23-14-21(12-13-22(23)24(25)28)31-15-17-4-8-19(27)9-5-17/h4-14H,3,15H2,1-2H3. The third kappa shape index (κ3) is 5.26. The largest absolute Gasteiger partial charge is 0.489 e. The normalized spacial score (nSPS) is 10.8. The molecular formula is C26H21BrO6. The summed E-state index contributed by atoms with van der Waals surface area (Å²) in [6, 6.07) is 19.3. The molecule has 0 radical (unpaired) electrons. The fourth-order valence-electron chi connectivity index (χ4n) is 3.21. The number of hydrogen-bond acceptors (Lipinski definition) is 6. The highest BCUT2D eigenvalue weighted by molar-refractivity contribution is 9.10. The zero-order valence-electron chi connectivity index (χ0n) is 18.1. The van der Waals surface area contributed by atoms with Crippen molar-refractivity contribution in [3.8, 4) is 17.2 Å². The molecule has 4 rings (SSSR count). The van der Waals surface area contributed by atoms with Crippen LogP contribution < -0.4 is 14.9 Å². The Morgan fingerprint density at radius 3 is 2.36 bits per heavy atom. The van der Waals surface area contributed by atoms with Gasteiger partial charge in [-0.15, -0.1) is 0 Å². The quantitative estimate of drug-likeness (QED) is 0.268. The van der Waals surface area contributed by atoms with Crippen LogP contribution >= 0.6 is 15.9 Å². The van der Waals surface area contributed by atoms with E-state index in [0.29, 0.717) is 47.0 Å². The van der Waals surface area contributed by atoms with E-state index in [9.17, 15) is 9.59 Å². The lowest BCUT2D eigenvalue weighted by molar-refractivity contribution is 0.0526. The van der Waals surface area contributed by atoms with E-state index < -0.39 is 5.97 Å². The number of hydrogen-bond donors (Lipinski definition) is 0. The molecule has 0 saturated heterocycles. The second-order valence-electron chi connectivity index (χ2n) is 7.24. The highest BCUT2D eigenvalue weighted by Gasteiger charge is 2.15. The Morgan fingerprint density at radius 1 is 0.970 bits per heavy atom. The molecule has 0 aliphatic carbocycles. The molecule has 1 heterocycles. The average Bonchev–Trinajstić information content (AvgIpc) is 2.82. The van der Waals surface area contributed by atoms with Crippen LogP contribution in [0.25, 0.3) is 11.0 Å². The molecule has 4 aromatic rings. The lowest BCUT2D eigenvalue weighted by Crippen LogP contribution is -2.08. The van der Waals surface area contributed by atoms with Crippen LogP contribution in [0.4, 0.5) is 0 Å². The van der Waals surface area contributed by atoms with Crippen molar-refractivity contribution in [1.82, 2.24) is 0 Å². The number of carbonyl (C=O) groups excluding carboxylic acids is 1. The summed E-state index contributed by atoms with van der Waals surface area (Å²) in [5.74, 6) is 1.02. The zero-order valence-corrected chi connectivity index (χ0v) is 19.7. The summed E-state index contributed by atoms with van der Waals surface area (Å²) in [4.78, 5) is 24.8. The Morgan fingerprint density at radius 2 is 1.67 bits per heavy atom. The zero-order chi connectivity index (χ0) is 23.4. The first-order valence-electron chi connectivity index (χ1n) is 10.3. The molecule has 0 unspecified atom stereocenters. The van der Waals surface area contributed by atoms with Crippen molar-refractivity contribution in [3.05, 3.63) is 98.3 Å². The summed E-state index contributed by atoms with van der Waals surface area (Å²) in [5, 5.41) is 0.384. The maximum Gasteiger partial charge on any atom is 0.338 e. The first-order chi connectivity index (χ1) is 15.9. The van der Waals surface area contributed by atoms with Gasteiger partial charge < -0.3 is 18.6 Å². The predicted molar refractivity (Wildman–Crippen MR) is 128 cm³/mol. The van der Waals surface area contributed by atoms with E-state index in [1.54, 1.807) is 56.3 Å². The van der Waals surface area contributed by atoms with E-state index in [2.05, 4.69) is 15.9 Å². The van der Waals surface area contributed by atoms with Crippen molar-refractivity contribution in [2.45, 2.75) is 20.5 Å². The Bertz CT molecular complexity index is 1340. The van der Waals surface area contributed by atoms with Crippen molar-refractivity contribution in [3.63, 3.8) is 0 Å². The number of aryl methyl sites for hydroxylation is 1. The highest BCUT2D eigenvalue weighted by atomic mass is 79.9. The summed E-state index contributed by atoms with van der Waals surface area (Å²) >= 11 is 3.41. The second-order valence-corrected chi connectivity index (χ2v) is 8.15. The Balaban J connectivity index is 1.54. The minimum atomic E-state index is -0.413. The molecule has 0 bridgehead atoms. The van der Waals surface area contributed by atoms with E-state index >= 15 is 0 Å². The number of fused-ring (bicyclic) bond motifs is 1. The van der Waals surface area contributed by atoms with Gasteiger partial charge in [-0.25, -0.2) is 4.79 Å². The molecule has 0 N–H and O–H groups in total. The molecular weight excluding hydrogens is 488 g/mol. The Labute approximate surface area is 198 Å². The van der Waals surface area contributed by atoms with Gasteiger partial charge in [0, 0.05) is 10.5 Å². The van der Waals surface area contributed by atoms with Crippen LogP contribution in [0.5, 0.6) is 17.2 Å². The topological polar surface area (TPSA) is 75.0 Å². The van der Waals surface area contributed by atoms with Crippen molar-refractivity contribution in [1.29, 1.82) is 0 Å². The van der Waals surface area contributed by atoms with Gasteiger partial charge in [0.15, 0.2) is 0 Å². The summed E-state index contributed by atoms with van der Waals surface area (Å²) in [6.07, 6.45) is 0. The van der Waals surface area contributed by atoms with Gasteiger partial charge in [0.2, 0.25) is 11.2 Å². The summed E-state index contributed by atoms with van der Waals surface area (Å²) < 4.78 is 23.5. The maximum absolute atomic E-state index is 13.0. The van der Waals surface area contributed by atoms with Gasteiger partial charge in [0.05, 0.1) is 17.6 Å². The van der Waals surface area contributed by atoms with E-state index in [-0.39, 0.29) is 11.2 Å². The van der Waals surface area contributed by atoms with Gasteiger partial charge in [-0.1, -0.05) is 28.1 Å². The average molecular weight is 509 g/mol. The Kier molecular flexibility index (Phi) is 6.79. The number of halogens is 1. The summed E-state index contributed by atoms with van der Waals surface area (Å²) in [7, 11) is 0. The first kappa shape index (κ1) is 22.6. The predicted octanol–water partition coefficient (Wildman–Crippen LogP) is 6.41. The molecule has 0 atom stereocenters. The van der Waals surface area contributed by atoms with Crippen molar-refractivity contribution >= 4 is 32.9 Å². The molecule has 0 amide bonds. The second kappa shape index (κ2) is 9.92. The van der Waals surface area contributed by atoms with E-state index in [0.717, 1.165) is 10.0 Å². The van der Waals surface area contributed by atoms with Gasteiger partial charge in [-0.3, -0.25) is 4.79 Å². The number of carbonyl (C=O) groups is 1. The van der Waals surface area contributed by atoms with E-state index in [1.807, 2.05) is 24.3 Å². The minimum Gasteiger partial charge on any atom is -0.489 e. The molecule has 33 heavy (non-hydrogen) atoms. The number of benzene rings is 3. The molecule has 6 nitrogen and oxygen atoms in total. The molecule has 0 spiro atoms. The SMILES string of the molecule is CCOC(=O)c1ccc(Oc2c(C)oc3cc(OCc4ccc(Br)cc4)ccc3c2=O)cc1. The molecule has 0 aliphatic rings. The van der Waals surface area contributed by atoms with Crippen LogP contribution in [0.15, 0.2) is 80.4 Å². The maximum atomic E-state index is 13.0. The van der Waals surface area contributed by atoms with Crippen LogP contribution in [0, 0.1) is 6.92 Å². The fourth-order valence-corrected chi connectivity index (χ4v) is 3.48. The molecule has 3 aromatic carbocycles.